The molecule has 0 spiro atoms. The van der Waals surface area contributed by atoms with E-state index in [4.69, 9.17) is 14.2 Å². The van der Waals surface area contributed by atoms with Gasteiger partial charge in [0.05, 0.1) is 26.4 Å². The number of carbonyl (C=O) groups is 1. The van der Waals surface area contributed by atoms with E-state index in [1.165, 1.54) is 13.2 Å². The Morgan fingerprint density at radius 2 is 1.84 bits per heavy atom. The van der Waals surface area contributed by atoms with E-state index in [2.05, 4.69) is 4.74 Å². The highest BCUT2D eigenvalue weighted by Gasteiger charge is 2.67. The van der Waals surface area contributed by atoms with E-state index in [1.54, 1.807) is 26.0 Å². The fraction of sp³-hybridized carbons (Fsp3) is 0.773. The fourth-order valence-electron chi connectivity index (χ4n) is 5.00. The van der Waals surface area contributed by atoms with Gasteiger partial charge in [0.1, 0.15) is 35.6 Å². The third-order valence-electron chi connectivity index (χ3n) is 7.04. The number of allylic oxidation sites excluding steroid dienone is 2. The second-order valence-corrected chi connectivity index (χ2v) is 9.46. The molecule has 32 heavy (non-hydrogen) atoms. The average Bonchev–Trinajstić information content (AvgIpc) is 2.85. The minimum absolute atomic E-state index is 0.262. The third-order valence-corrected chi connectivity index (χ3v) is 7.04. The lowest BCUT2D eigenvalue weighted by molar-refractivity contribution is -0.319. The zero-order chi connectivity index (χ0) is 23.9. The number of hydrogen-bond acceptors (Lipinski definition) is 10. The average molecular weight is 459 g/mol. The first-order valence-electron chi connectivity index (χ1n) is 10.7. The molecule has 0 radical (unpaired) electrons. The van der Waals surface area contributed by atoms with Crippen molar-refractivity contribution in [2.45, 2.75) is 81.6 Å². The van der Waals surface area contributed by atoms with Crippen LogP contribution in [-0.4, -0.2) is 99.8 Å². The lowest BCUT2D eigenvalue weighted by Crippen LogP contribution is -2.63. The minimum Gasteiger partial charge on any atom is -0.466 e. The van der Waals surface area contributed by atoms with Crippen LogP contribution in [0.5, 0.6) is 0 Å². The third kappa shape index (κ3) is 4.26. The maximum absolute atomic E-state index is 11.7. The summed E-state index contributed by atoms with van der Waals surface area (Å²) in [5.74, 6) is -0.493. The Bertz CT molecular complexity index is 744. The first kappa shape index (κ1) is 25.3. The van der Waals surface area contributed by atoms with Gasteiger partial charge in [-0.2, -0.15) is 0 Å². The molecule has 1 saturated carbocycles. The van der Waals surface area contributed by atoms with E-state index in [0.717, 1.165) is 0 Å². The predicted octanol–water partition coefficient (Wildman–Crippen LogP) is -0.833. The number of hydrogen-bond donors (Lipinski definition) is 5. The summed E-state index contributed by atoms with van der Waals surface area (Å²) in [6.45, 7) is 5.07. The van der Waals surface area contributed by atoms with Gasteiger partial charge in [-0.25, -0.2) is 4.79 Å². The summed E-state index contributed by atoms with van der Waals surface area (Å²) in [6, 6.07) is 0. The van der Waals surface area contributed by atoms with Crippen LogP contribution in [0.4, 0.5) is 0 Å². The van der Waals surface area contributed by atoms with Gasteiger partial charge in [0, 0.05) is 17.9 Å². The first-order chi connectivity index (χ1) is 14.9. The highest BCUT2D eigenvalue weighted by molar-refractivity contribution is 5.83. The second-order valence-electron chi connectivity index (χ2n) is 9.46. The summed E-state index contributed by atoms with van der Waals surface area (Å²) >= 11 is 0. The summed E-state index contributed by atoms with van der Waals surface area (Å²) in [4.78, 5) is 11.4. The van der Waals surface area contributed by atoms with Gasteiger partial charge >= 0.3 is 5.97 Å². The Labute approximate surface area is 187 Å². The molecule has 3 rings (SSSR count). The van der Waals surface area contributed by atoms with Crippen LogP contribution < -0.4 is 0 Å². The molecule has 10 heteroatoms. The van der Waals surface area contributed by atoms with E-state index < -0.39 is 66.0 Å². The Morgan fingerprint density at radius 3 is 2.44 bits per heavy atom. The molecule has 10 nitrogen and oxygen atoms in total. The van der Waals surface area contributed by atoms with Gasteiger partial charge in [0.15, 0.2) is 6.29 Å². The van der Waals surface area contributed by atoms with E-state index >= 15 is 0 Å². The van der Waals surface area contributed by atoms with Crippen molar-refractivity contribution in [1.82, 2.24) is 0 Å². The molecule has 182 valence electrons. The highest BCUT2D eigenvalue weighted by Crippen LogP contribution is 2.58. The summed E-state index contributed by atoms with van der Waals surface area (Å²) in [6.07, 6.45) is -2.07. The van der Waals surface area contributed by atoms with Gasteiger partial charge in [-0.3, -0.25) is 0 Å². The van der Waals surface area contributed by atoms with E-state index in [9.17, 15) is 30.3 Å². The molecule has 5 N–H and O–H groups in total. The number of fused-ring (bicyclic) bond motifs is 2. The Morgan fingerprint density at radius 1 is 1.16 bits per heavy atom. The fourth-order valence-corrected chi connectivity index (χ4v) is 5.00. The number of methoxy groups -OCH3 is 1. The lowest BCUT2D eigenvalue weighted by atomic mass is 9.59. The zero-order valence-corrected chi connectivity index (χ0v) is 18.8. The molecular formula is C22H34O10. The van der Waals surface area contributed by atoms with Gasteiger partial charge in [0.25, 0.3) is 0 Å². The van der Waals surface area contributed by atoms with Gasteiger partial charge < -0.3 is 44.5 Å². The largest absolute Gasteiger partial charge is 0.466 e. The number of aliphatic hydroxyl groups excluding tert-OH is 4. The molecule has 2 saturated heterocycles. The van der Waals surface area contributed by atoms with Crippen molar-refractivity contribution < 1.29 is 49.3 Å². The summed E-state index contributed by atoms with van der Waals surface area (Å²) in [5.41, 5.74) is -2.53. The SMILES string of the molecule is COC(=O)/C=C(C)/C=C/[C@]1(O)C2(C)COC1(C)C[C@@H](O[C@@H]1O[C@H](CO)[C@@H](O)[C@H](O)[C@H]1O)C2. The standard InChI is InChI=1S/C22H34O10/c1-12(7-15(24)29-4)5-6-22(28)20(2)8-13(9-21(22,3)30-11-20)31-19-18(27)17(26)16(25)14(10-23)32-19/h5-7,13-14,16-19,23,25-28H,8-11H2,1-4H3/b6-5+,12-7+/t13-,14+,16+,17-,18+,19+,20?,21?,22-/m0/s1. The number of rotatable bonds is 6. The Kier molecular flexibility index (Phi) is 7.19. The van der Waals surface area contributed by atoms with Crippen LogP contribution >= 0.6 is 0 Å². The number of ether oxygens (including phenoxy) is 4. The lowest BCUT2D eigenvalue weighted by Gasteiger charge is -2.51. The molecule has 9 atom stereocenters. The van der Waals surface area contributed by atoms with Gasteiger partial charge in [-0.15, -0.1) is 0 Å². The smallest absolute Gasteiger partial charge is 0.330 e. The quantitative estimate of drug-likeness (QED) is 0.193. The molecule has 0 aromatic rings. The van der Waals surface area contributed by atoms with E-state index in [0.29, 0.717) is 12.0 Å². The van der Waals surface area contributed by atoms with Crippen LogP contribution in [0.3, 0.4) is 0 Å². The molecule has 2 bridgehead atoms. The van der Waals surface area contributed by atoms with Crippen LogP contribution in [0, 0.1) is 5.41 Å². The van der Waals surface area contributed by atoms with Crippen molar-refractivity contribution >= 4 is 5.97 Å². The van der Waals surface area contributed by atoms with Gasteiger partial charge in [0.2, 0.25) is 0 Å². The molecule has 1 aliphatic carbocycles. The van der Waals surface area contributed by atoms with Crippen molar-refractivity contribution in [2.24, 2.45) is 5.41 Å². The predicted molar refractivity (Wildman–Crippen MR) is 110 cm³/mol. The Hall–Kier alpha value is -1.37. The molecule has 3 aliphatic rings. The van der Waals surface area contributed by atoms with Crippen LogP contribution in [0.25, 0.3) is 0 Å². The van der Waals surface area contributed by atoms with Crippen molar-refractivity contribution in [2.75, 3.05) is 20.3 Å². The minimum atomic E-state index is -1.53. The summed E-state index contributed by atoms with van der Waals surface area (Å²) in [7, 11) is 1.29. The zero-order valence-electron chi connectivity index (χ0n) is 18.8. The summed E-state index contributed by atoms with van der Waals surface area (Å²) < 4.78 is 22.1. The molecular weight excluding hydrogens is 424 g/mol. The van der Waals surface area contributed by atoms with E-state index in [1.807, 2.05) is 6.92 Å². The topological polar surface area (TPSA) is 155 Å². The maximum Gasteiger partial charge on any atom is 0.330 e. The van der Waals surface area contributed by atoms with Gasteiger partial charge in [-0.1, -0.05) is 13.0 Å². The number of carbonyl (C=O) groups excluding carboxylic acids is 1. The maximum atomic E-state index is 11.7. The van der Waals surface area contributed by atoms with Crippen molar-refractivity contribution in [3.63, 3.8) is 0 Å². The first-order valence-corrected chi connectivity index (χ1v) is 10.7. The summed E-state index contributed by atoms with van der Waals surface area (Å²) in [5, 5.41) is 51.3. The van der Waals surface area contributed by atoms with Crippen LogP contribution in [0.15, 0.2) is 23.8 Å². The molecule has 2 unspecified atom stereocenters. The molecule has 0 aromatic heterocycles. The van der Waals surface area contributed by atoms with Crippen LogP contribution in [-0.2, 0) is 23.7 Å². The van der Waals surface area contributed by atoms with Crippen molar-refractivity contribution in [3.8, 4) is 0 Å². The second kappa shape index (κ2) is 9.11. The Balaban J connectivity index is 1.77. The molecule has 0 amide bonds. The normalized spacial score (nSPS) is 47.1. The molecule has 3 fully saturated rings. The van der Waals surface area contributed by atoms with Crippen LogP contribution in [0.1, 0.15) is 33.6 Å². The molecule has 0 aromatic carbocycles. The molecule has 2 aliphatic heterocycles. The van der Waals surface area contributed by atoms with Crippen molar-refractivity contribution in [1.29, 1.82) is 0 Å². The van der Waals surface area contributed by atoms with E-state index in [-0.39, 0.29) is 13.0 Å². The van der Waals surface area contributed by atoms with Crippen molar-refractivity contribution in [3.05, 3.63) is 23.8 Å². The highest BCUT2D eigenvalue weighted by atomic mass is 16.7. The monoisotopic (exact) mass is 458 g/mol. The number of esters is 1. The molecule has 2 heterocycles. The van der Waals surface area contributed by atoms with Gasteiger partial charge in [-0.05, 0) is 31.9 Å². The number of aliphatic hydroxyl groups is 5. The van der Waals surface area contributed by atoms with Crippen LogP contribution in [0.2, 0.25) is 0 Å².